The summed E-state index contributed by atoms with van der Waals surface area (Å²) < 4.78 is 22.5. The van der Waals surface area contributed by atoms with Gasteiger partial charge in [-0.2, -0.15) is 0 Å². The number of hydrogen-bond donors (Lipinski definition) is 1. The molecule has 0 saturated heterocycles. The number of amides is 1. The predicted octanol–water partition coefficient (Wildman–Crippen LogP) is 1.60. The number of fused-ring (bicyclic) bond motifs is 1. The molecule has 0 saturated carbocycles. The van der Waals surface area contributed by atoms with Crippen molar-refractivity contribution < 1.29 is 13.2 Å². The summed E-state index contributed by atoms with van der Waals surface area (Å²) in [5.74, 6) is -0.193. The van der Waals surface area contributed by atoms with Crippen LogP contribution < -0.4 is 10.0 Å². The number of nitrogens with zero attached hydrogens (tertiary/aromatic N) is 1. The van der Waals surface area contributed by atoms with Gasteiger partial charge in [-0.25, -0.2) is 13.6 Å². The van der Waals surface area contributed by atoms with Crippen LogP contribution in [-0.2, 0) is 16.4 Å². The van der Waals surface area contributed by atoms with Crippen molar-refractivity contribution in [3.8, 4) is 0 Å². The number of nitrogens with two attached hydrogens (primary N) is 1. The molecule has 1 aliphatic rings. The number of carbonyl (C=O) groups excluding carboxylic acids is 1. The van der Waals surface area contributed by atoms with Crippen molar-refractivity contribution in [2.75, 3.05) is 11.4 Å². The average molecular weight is 308 g/mol. The van der Waals surface area contributed by atoms with Gasteiger partial charge in [0.25, 0.3) is 5.91 Å². The van der Waals surface area contributed by atoms with Crippen LogP contribution in [-0.4, -0.2) is 20.9 Å². The van der Waals surface area contributed by atoms with Crippen molar-refractivity contribution in [3.05, 3.63) is 46.8 Å². The SMILES string of the molecule is NS(=O)(=O)c1cc(C(=O)N2CCc3ccccc32)cs1. The molecule has 0 spiro atoms. The molecule has 1 aliphatic heterocycles. The van der Waals surface area contributed by atoms with E-state index in [9.17, 15) is 13.2 Å². The van der Waals surface area contributed by atoms with Gasteiger partial charge in [-0.05, 0) is 24.1 Å². The zero-order chi connectivity index (χ0) is 14.3. The molecule has 0 fully saturated rings. The van der Waals surface area contributed by atoms with Crippen LogP contribution in [0.15, 0.2) is 39.9 Å². The topological polar surface area (TPSA) is 80.5 Å². The second-order valence-electron chi connectivity index (χ2n) is 4.53. The van der Waals surface area contributed by atoms with Gasteiger partial charge in [-0.15, -0.1) is 11.3 Å². The van der Waals surface area contributed by atoms with Gasteiger partial charge in [0, 0.05) is 17.6 Å². The molecule has 0 atom stereocenters. The van der Waals surface area contributed by atoms with Crippen LogP contribution >= 0.6 is 11.3 Å². The van der Waals surface area contributed by atoms with Crippen LogP contribution in [0.4, 0.5) is 5.69 Å². The molecule has 1 aromatic carbocycles. The van der Waals surface area contributed by atoms with Crippen molar-refractivity contribution in [2.24, 2.45) is 5.14 Å². The number of hydrogen-bond acceptors (Lipinski definition) is 4. The number of benzene rings is 1. The van der Waals surface area contributed by atoms with Gasteiger partial charge in [-0.1, -0.05) is 18.2 Å². The molecule has 1 amide bonds. The number of para-hydroxylation sites is 1. The molecule has 20 heavy (non-hydrogen) atoms. The molecule has 2 N–H and O–H groups in total. The zero-order valence-electron chi connectivity index (χ0n) is 10.4. The van der Waals surface area contributed by atoms with Crippen molar-refractivity contribution in [1.29, 1.82) is 0 Å². The van der Waals surface area contributed by atoms with Crippen LogP contribution in [0.2, 0.25) is 0 Å². The van der Waals surface area contributed by atoms with Gasteiger partial charge in [0.2, 0.25) is 10.0 Å². The Balaban J connectivity index is 1.93. The minimum Gasteiger partial charge on any atom is -0.308 e. The normalized spacial score (nSPS) is 14.3. The van der Waals surface area contributed by atoms with Gasteiger partial charge in [-0.3, -0.25) is 4.79 Å². The Hall–Kier alpha value is -1.70. The summed E-state index contributed by atoms with van der Waals surface area (Å²) in [6.45, 7) is 0.610. The summed E-state index contributed by atoms with van der Waals surface area (Å²) in [4.78, 5) is 14.1. The first-order valence-corrected chi connectivity index (χ1v) is 8.40. The summed E-state index contributed by atoms with van der Waals surface area (Å²) in [5, 5.41) is 6.59. The van der Waals surface area contributed by atoms with Gasteiger partial charge in [0.1, 0.15) is 4.21 Å². The summed E-state index contributed by atoms with van der Waals surface area (Å²) in [6, 6.07) is 9.05. The van der Waals surface area contributed by atoms with Gasteiger partial charge >= 0.3 is 0 Å². The third kappa shape index (κ3) is 2.24. The maximum absolute atomic E-state index is 12.4. The minimum atomic E-state index is -3.75. The number of anilines is 1. The van der Waals surface area contributed by atoms with Gasteiger partial charge < -0.3 is 4.90 Å². The van der Waals surface area contributed by atoms with Crippen LogP contribution in [0, 0.1) is 0 Å². The monoisotopic (exact) mass is 308 g/mol. The van der Waals surface area contributed by atoms with E-state index in [0.29, 0.717) is 12.1 Å². The second-order valence-corrected chi connectivity index (χ2v) is 7.23. The lowest BCUT2D eigenvalue weighted by Gasteiger charge is -2.16. The first-order valence-electron chi connectivity index (χ1n) is 5.98. The number of thiophene rings is 1. The first kappa shape index (κ1) is 13.3. The van der Waals surface area contributed by atoms with Crippen LogP contribution in [0.3, 0.4) is 0 Å². The van der Waals surface area contributed by atoms with E-state index in [-0.39, 0.29) is 10.1 Å². The number of rotatable bonds is 2. The highest BCUT2D eigenvalue weighted by Crippen LogP contribution is 2.30. The lowest BCUT2D eigenvalue weighted by atomic mass is 10.2. The smallest absolute Gasteiger partial charge is 0.259 e. The third-order valence-corrected chi connectivity index (χ3v) is 5.62. The zero-order valence-corrected chi connectivity index (χ0v) is 12.1. The number of carbonyl (C=O) groups is 1. The largest absolute Gasteiger partial charge is 0.308 e. The highest BCUT2D eigenvalue weighted by molar-refractivity contribution is 7.91. The number of primary sulfonamides is 1. The van der Waals surface area contributed by atoms with Gasteiger partial charge in [0.15, 0.2) is 0 Å². The van der Waals surface area contributed by atoms with Crippen LogP contribution in [0.1, 0.15) is 15.9 Å². The van der Waals surface area contributed by atoms with E-state index < -0.39 is 10.0 Å². The van der Waals surface area contributed by atoms with Crippen molar-refractivity contribution in [2.45, 2.75) is 10.6 Å². The molecular weight excluding hydrogens is 296 g/mol. The fourth-order valence-corrected chi connectivity index (χ4v) is 3.86. The molecule has 0 bridgehead atoms. The third-order valence-electron chi connectivity index (χ3n) is 3.24. The van der Waals surface area contributed by atoms with E-state index in [4.69, 9.17) is 5.14 Å². The Kier molecular flexibility index (Phi) is 3.12. The van der Waals surface area contributed by atoms with Crippen molar-refractivity contribution in [3.63, 3.8) is 0 Å². The Bertz CT molecular complexity index is 780. The minimum absolute atomic E-state index is 0.00771. The highest BCUT2D eigenvalue weighted by Gasteiger charge is 2.26. The van der Waals surface area contributed by atoms with E-state index in [1.807, 2.05) is 24.3 Å². The van der Waals surface area contributed by atoms with Crippen molar-refractivity contribution in [1.82, 2.24) is 0 Å². The summed E-state index contributed by atoms with van der Waals surface area (Å²) >= 11 is 0.964. The van der Waals surface area contributed by atoms with E-state index in [0.717, 1.165) is 29.0 Å². The van der Waals surface area contributed by atoms with E-state index in [2.05, 4.69) is 0 Å². The van der Waals surface area contributed by atoms with Gasteiger partial charge in [0.05, 0.1) is 5.56 Å². The molecule has 5 nitrogen and oxygen atoms in total. The summed E-state index contributed by atoms with van der Waals surface area (Å²) in [6.07, 6.45) is 0.814. The summed E-state index contributed by atoms with van der Waals surface area (Å²) in [7, 11) is -3.75. The maximum atomic E-state index is 12.4. The molecule has 2 aromatic rings. The van der Waals surface area contributed by atoms with E-state index >= 15 is 0 Å². The summed E-state index contributed by atoms with van der Waals surface area (Å²) in [5.41, 5.74) is 2.37. The highest BCUT2D eigenvalue weighted by atomic mass is 32.2. The second kappa shape index (κ2) is 4.69. The van der Waals surface area contributed by atoms with E-state index in [1.54, 1.807) is 4.90 Å². The molecule has 0 unspecified atom stereocenters. The fourth-order valence-electron chi connectivity index (χ4n) is 2.28. The lowest BCUT2D eigenvalue weighted by molar-refractivity contribution is 0.0989. The Labute approximate surface area is 120 Å². The van der Waals surface area contributed by atoms with E-state index in [1.165, 1.54) is 11.4 Å². The number of sulfonamides is 1. The average Bonchev–Trinajstić information content (AvgIpc) is 3.04. The molecule has 7 heteroatoms. The Morgan fingerprint density at radius 3 is 2.75 bits per heavy atom. The molecule has 3 rings (SSSR count). The molecule has 104 valence electrons. The predicted molar refractivity (Wildman–Crippen MR) is 77.5 cm³/mol. The van der Waals surface area contributed by atoms with Crippen LogP contribution in [0.5, 0.6) is 0 Å². The fraction of sp³-hybridized carbons (Fsp3) is 0.154. The standard InChI is InChI=1S/C13H12N2O3S2/c14-20(17,18)12-7-10(8-19-12)13(16)15-6-5-9-3-1-2-4-11(9)15/h1-4,7-8H,5-6H2,(H2,14,17,18). The quantitative estimate of drug-likeness (QED) is 0.915. The first-order chi connectivity index (χ1) is 9.47. The Morgan fingerprint density at radius 1 is 1.30 bits per heavy atom. The van der Waals surface area contributed by atoms with Crippen LogP contribution in [0.25, 0.3) is 0 Å². The molecular formula is C13H12N2O3S2. The molecule has 1 aromatic heterocycles. The maximum Gasteiger partial charge on any atom is 0.259 e. The molecule has 0 radical (unpaired) electrons. The van der Waals surface area contributed by atoms with Crippen molar-refractivity contribution >= 4 is 33.0 Å². The lowest BCUT2D eigenvalue weighted by Crippen LogP contribution is -2.28. The molecule has 0 aliphatic carbocycles. The molecule has 2 heterocycles. The Morgan fingerprint density at radius 2 is 2.05 bits per heavy atom.